The van der Waals surface area contributed by atoms with Gasteiger partial charge in [0.05, 0.1) is 17.3 Å². The van der Waals surface area contributed by atoms with E-state index in [2.05, 4.69) is 20.0 Å². The number of benzene rings is 1. The van der Waals surface area contributed by atoms with Crippen molar-refractivity contribution < 1.29 is 27.1 Å². The Morgan fingerprint density at radius 2 is 2.03 bits per heavy atom. The molecule has 0 unspecified atom stereocenters. The molecule has 11 heteroatoms. The maximum Gasteiger partial charge on any atom is 0.387 e. The molecule has 8 nitrogen and oxygen atoms in total. The summed E-state index contributed by atoms with van der Waals surface area (Å²) in [7, 11) is 0. The van der Waals surface area contributed by atoms with Crippen molar-refractivity contribution >= 4 is 22.8 Å². The molecular weight excluding hydrogens is 415 g/mol. The Hall–Kier alpha value is -3.81. The number of pyridine rings is 1. The van der Waals surface area contributed by atoms with Crippen LogP contribution in [-0.2, 0) is 0 Å². The Morgan fingerprint density at radius 1 is 1.26 bits per heavy atom. The van der Waals surface area contributed by atoms with E-state index >= 15 is 0 Å². The monoisotopic (exact) mass is 431 g/mol. The van der Waals surface area contributed by atoms with Crippen LogP contribution in [0.25, 0.3) is 10.9 Å². The number of fused-ring (bicyclic) bond motifs is 1. The molecule has 1 fully saturated rings. The molecule has 1 aromatic carbocycles. The standard InChI is InChI=1S/C20H16F3N5O3/c21-15-6-11-5-12(9-25-16(11)7-17(15)31-19(22)23)18(29)27-13-1-3-28(4-2-13)20-26-10-14(8-24)30-20/h5-7,9-10,13,19H,1-4H2,(H,27,29). The second kappa shape index (κ2) is 8.51. The summed E-state index contributed by atoms with van der Waals surface area (Å²) in [5.74, 6) is -1.81. The van der Waals surface area contributed by atoms with E-state index in [0.717, 1.165) is 12.1 Å². The van der Waals surface area contributed by atoms with Crippen molar-refractivity contribution in [3.05, 3.63) is 47.7 Å². The number of anilines is 1. The maximum atomic E-state index is 14.0. The van der Waals surface area contributed by atoms with Gasteiger partial charge in [0, 0.05) is 36.8 Å². The number of nitrogens with one attached hydrogen (secondary N) is 1. The van der Waals surface area contributed by atoms with Crippen molar-refractivity contribution in [2.45, 2.75) is 25.5 Å². The number of alkyl halides is 2. The number of carbonyl (C=O) groups is 1. The predicted octanol–water partition coefficient (Wildman–Crippen LogP) is 3.23. The lowest BCUT2D eigenvalue weighted by Gasteiger charge is -2.31. The van der Waals surface area contributed by atoms with Gasteiger partial charge in [-0.3, -0.25) is 9.78 Å². The van der Waals surface area contributed by atoms with Crippen molar-refractivity contribution in [1.29, 1.82) is 5.26 Å². The van der Waals surface area contributed by atoms with Gasteiger partial charge in [-0.25, -0.2) is 9.37 Å². The number of amides is 1. The zero-order valence-corrected chi connectivity index (χ0v) is 16.0. The lowest BCUT2D eigenvalue weighted by molar-refractivity contribution is -0.0520. The largest absolute Gasteiger partial charge is 0.432 e. The molecule has 0 radical (unpaired) electrons. The number of piperidine rings is 1. The number of oxazole rings is 1. The Kier molecular flexibility index (Phi) is 5.62. The molecule has 0 saturated carbocycles. The van der Waals surface area contributed by atoms with Crippen LogP contribution in [0.15, 0.2) is 35.0 Å². The Morgan fingerprint density at radius 3 is 2.71 bits per heavy atom. The van der Waals surface area contributed by atoms with Crippen LogP contribution >= 0.6 is 0 Å². The Balaban J connectivity index is 1.40. The molecule has 1 amide bonds. The molecule has 4 rings (SSSR count). The molecule has 0 spiro atoms. The van der Waals surface area contributed by atoms with Gasteiger partial charge < -0.3 is 19.4 Å². The van der Waals surface area contributed by atoms with E-state index in [1.807, 2.05) is 11.0 Å². The molecule has 31 heavy (non-hydrogen) atoms. The second-order valence-electron chi connectivity index (χ2n) is 6.93. The molecule has 0 bridgehead atoms. The minimum atomic E-state index is -3.15. The zero-order chi connectivity index (χ0) is 22.0. The number of halogens is 3. The third-order valence-corrected chi connectivity index (χ3v) is 4.92. The van der Waals surface area contributed by atoms with Crippen molar-refractivity contribution in [2.75, 3.05) is 18.0 Å². The summed E-state index contributed by atoms with van der Waals surface area (Å²) in [6, 6.07) is 5.67. The maximum absolute atomic E-state index is 14.0. The molecule has 3 heterocycles. The van der Waals surface area contributed by atoms with Gasteiger partial charge in [-0.2, -0.15) is 14.0 Å². The fourth-order valence-corrected chi connectivity index (χ4v) is 3.39. The van der Waals surface area contributed by atoms with Crippen LogP contribution in [0.2, 0.25) is 0 Å². The van der Waals surface area contributed by atoms with Crippen LogP contribution < -0.4 is 15.0 Å². The van der Waals surface area contributed by atoms with Gasteiger partial charge in [0.25, 0.3) is 11.9 Å². The Bertz CT molecular complexity index is 1150. The fraction of sp³-hybridized carbons (Fsp3) is 0.300. The number of carbonyl (C=O) groups excluding carboxylic acids is 1. The molecular formula is C20H16F3N5O3. The molecule has 0 atom stereocenters. The molecule has 1 aliphatic rings. The van der Waals surface area contributed by atoms with E-state index in [9.17, 15) is 18.0 Å². The summed E-state index contributed by atoms with van der Waals surface area (Å²) in [6.45, 7) is -1.98. The highest BCUT2D eigenvalue weighted by Gasteiger charge is 2.24. The number of rotatable bonds is 5. The summed E-state index contributed by atoms with van der Waals surface area (Å²) < 4.78 is 48.1. The lowest BCUT2D eigenvalue weighted by Crippen LogP contribution is -2.44. The first-order valence-electron chi connectivity index (χ1n) is 9.39. The summed E-state index contributed by atoms with van der Waals surface area (Å²) in [5.41, 5.74) is 0.452. The quantitative estimate of drug-likeness (QED) is 0.661. The SMILES string of the molecule is N#Cc1cnc(N2CCC(NC(=O)c3cnc4cc(OC(F)F)c(F)cc4c3)CC2)o1. The van der Waals surface area contributed by atoms with E-state index < -0.39 is 18.2 Å². The number of hydrogen-bond donors (Lipinski definition) is 1. The van der Waals surface area contributed by atoms with Crippen LogP contribution in [0.5, 0.6) is 5.75 Å². The number of nitriles is 1. The summed E-state index contributed by atoms with van der Waals surface area (Å²) in [4.78, 5) is 22.6. The minimum Gasteiger partial charge on any atom is -0.432 e. The first kappa shape index (κ1) is 20.5. The highest BCUT2D eigenvalue weighted by atomic mass is 19.3. The predicted molar refractivity (Wildman–Crippen MR) is 102 cm³/mol. The van der Waals surface area contributed by atoms with Crippen molar-refractivity contribution in [3.8, 4) is 11.8 Å². The number of ether oxygens (including phenoxy) is 1. The van der Waals surface area contributed by atoms with E-state index in [1.54, 1.807) is 0 Å². The lowest BCUT2D eigenvalue weighted by atomic mass is 10.0. The topological polar surface area (TPSA) is 104 Å². The van der Waals surface area contributed by atoms with Gasteiger partial charge in [-0.05, 0) is 25.0 Å². The number of nitrogens with zero attached hydrogens (tertiary/aromatic N) is 4. The van der Waals surface area contributed by atoms with E-state index in [0.29, 0.717) is 37.3 Å². The third kappa shape index (κ3) is 4.53. The molecule has 1 saturated heterocycles. The van der Waals surface area contributed by atoms with Gasteiger partial charge in [0.2, 0.25) is 5.76 Å². The first-order chi connectivity index (χ1) is 14.9. The summed E-state index contributed by atoms with van der Waals surface area (Å²) in [5, 5.41) is 12.0. The van der Waals surface area contributed by atoms with Gasteiger partial charge >= 0.3 is 6.61 Å². The molecule has 0 aliphatic carbocycles. The van der Waals surface area contributed by atoms with E-state index in [4.69, 9.17) is 9.68 Å². The van der Waals surface area contributed by atoms with Crippen molar-refractivity contribution in [1.82, 2.24) is 15.3 Å². The normalized spacial score (nSPS) is 14.6. The highest BCUT2D eigenvalue weighted by molar-refractivity contribution is 5.97. The van der Waals surface area contributed by atoms with Crippen LogP contribution in [0.4, 0.5) is 19.2 Å². The molecule has 2 aromatic heterocycles. The third-order valence-electron chi connectivity index (χ3n) is 4.92. The molecule has 1 aliphatic heterocycles. The van der Waals surface area contributed by atoms with Crippen LogP contribution in [0.3, 0.4) is 0 Å². The number of aromatic nitrogens is 2. The summed E-state index contributed by atoms with van der Waals surface area (Å²) >= 11 is 0. The van der Waals surface area contributed by atoms with E-state index in [-0.39, 0.29) is 28.8 Å². The first-order valence-corrected chi connectivity index (χ1v) is 9.39. The van der Waals surface area contributed by atoms with Crippen molar-refractivity contribution in [3.63, 3.8) is 0 Å². The molecule has 1 N–H and O–H groups in total. The smallest absolute Gasteiger partial charge is 0.387 e. The zero-order valence-electron chi connectivity index (χ0n) is 16.0. The average molecular weight is 431 g/mol. The summed E-state index contributed by atoms with van der Waals surface area (Å²) in [6.07, 6.45) is 3.94. The van der Waals surface area contributed by atoms with E-state index in [1.165, 1.54) is 18.5 Å². The van der Waals surface area contributed by atoms with Crippen LogP contribution in [0.1, 0.15) is 29.0 Å². The van der Waals surface area contributed by atoms with Crippen molar-refractivity contribution in [2.24, 2.45) is 0 Å². The van der Waals surface area contributed by atoms with Crippen LogP contribution in [0, 0.1) is 17.1 Å². The molecule has 160 valence electrons. The molecule has 3 aromatic rings. The van der Waals surface area contributed by atoms with Crippen LogP contribution in [-0.4, -0.2) is 41.6 Å². The van der Waals surface area contributed by atoms with Gasteiger partial charge in [0.1, 0.15) is 6.07 Å². The van der Waals surface area contributed by atoms with Gasteiger partial charge in [0.15, 0.2) is 11.6 Å². The minimum absolute atomic E-state index is 0.0941. The van der Waals surface area contributed by atoms with Gasteiger partial charge in [-0.1, -0.05) is 0 Å². The Labute approximate surface area is 174 Å². The number of hydrogen-bond acceptors (Lipinski definition) is 7. The fourth-order valence-electron chi connectivity index (χ4n) is 3.39. The van der Waals surface area contributed by atoms with Gasteiger partial charge in [-0.15, -0.1) is 0 Å². The highest BCUT2D eigenvalue weighted by Crippen LogP contribution is 2.26. The second-order valence-corrected chi connectivity index (χ2v) is 6.93. The average Bonchev–Trinajstić information content (AvgIpc) is 3.23.